The molecule has 0 aromatic heterocycles. The van der Waals surface area contributed by atoms with E-state index in [9.17, 15) is 0 Å². The number of rotatable bonds is 3. The minimum atomic E-state index is 0.483. The predicted octanol–water partition coefficient (Wildman–Crippen LogP) is 3.76. The monoisotopic (exact) mass is 204 g/mol. The molecule has 0 fully saturated rings. The lowest BCUT2D eigenvalue weighted by Crippen LogP contribution is -2.02. The summed E-state index contributed by atoms with van der Waals surface area (Å²) in [4.78, 5) is 0. The Hall–Kier alpha value is 0.220. The summed E-state index contributed by atoms with van der Waals surface area (Å²) in [5.74, 6) is 0. The molecule has 10 heavy (non-hydrogen) atoms. The summed E-state index contributed by atoms with van der Waals surface area (Å²) < 4.78 is 0. The second kappa shape index (κ2) is 4.95. The zero-order valence-corrected chi connectivity index (χ0v) is 8.74. The molecule has 0 spiro atoms. The molecular formula is C9H17Br. The average Bonchev–Trinajstić information content (AvgIpc) is 1.78. The summed E-state index contributed by atoms with van der Waals surface area (Å²) in [7, 11) is 0. The summed E-state index contributed by atoms with van der Waals surface area (Å²) >= 11 is 3.34. The van der Waals surface area contributed by atoms with Crippen molar-refractivity contribution in [1.29, 1.82) is 0 Å². The van der Waals surface area contributed by atoms with E-state index < -0.39 is 0 Å². The van der Waals surface area contributed by atoms with Crippen LogP contribution in [0.25, 0.3) is 0 Å². The van der Waals surface area contributed by atoms with Crippen LogP contribution in [0.15, 0.2) is 12.2 Å². The molecule has 0 nitrogen and oxygen atoms in total. The molecule has 0 N–H and O–H groups in total. The molecule has 0 radical (unpaired) electrons. The molecule has 0 bridgehead atoms. The summed E-state index contributed by atoms with van der Waals surface area (Å²) in [6.45, 7) is 6.82. The molecule has 1 heteroatoms. The van der Waals surface area contributed by atoms with Crippen LogP contribution in [0.4, 0.5) is 0 Å². The van der Waals surface area contributed by atoms with Crippen LogP contribution >= 0.6 is 15.9 Å². The second-order valence-electron chi connectivity index (χ2n) is 3.73. The Kier molecular flexibility index (Phi) is 5.06. The molecule has 0 heterocycles. The Morgan fingerprint density at radius 1 is 1.20 bits per heavy atom. The molecule has 0 aliphatic carbocycles. The maximum absolute atomic E-state index is 3.34. The van der Waals surface area contributed by atoms with Gasteiger partial charge in [-0.15, -0.1) is 0 Å². The van der Waals surface area contributed by atoms with Crippen molar-refractivity contribution in [3.05, 3.63) is 12.2 Å². The number of hydrogen-bond donors (Lipinski definition) is 0. The van der Waals surface area contributed by atoms with E-state index in [0.717, 1.165) is 5.33 Å². The van der Waals surface area contributed by atoms with Gasteiger partial charge in [-0.2, -0.15) is 0 Å². The fourth-order valence-corrected chi connectivity index (χ4v) is 0.962. The van der Waals surface area contributed by atoms with Crippen LogP contribution in [0.1, 0.15) is 33.6 Å². The summed E-state index contributed by atoms with van der Waals surface area (Å²) in [6.07, 6.45) is 6.87. The summed E-state index contributed by atoms with van der Waals surface area (Å²) in [5.41, 5.74) is 0.483. The van der Waals surface area contributed by atoms with Gasteiger partial charge in [-0.1, -0.05) is 48.9 Å². The highest BCUT2D eigenvalue weighted by molar-refractivity contribution is 9.09. The fraction of sp³-hybridized carbons (Fsp3) is 0.778. The average molecular weight is 205 g/mol. The molecule has 0 rings (SSSR count). The van der Waals surface area contributed by atoms with Gasteiger partial charge in [0.05, 0.1) is 0 Å². The molecule has 0 aromatic rings. The van der Waals surface area contributed by atoms with Crippen LogP contribution in [0.3, 0.4) is 0 Å². The normalized spacial score (nSPS) is 12.8. The fourth-order valence-electron chi connectivity index (χ4n) is 0.697. The third-order valence-corrected chi connectivity index (χ3v) is 1.69. The highest BCUT2D eigenvalue weighted by Crippen LogP contribution is 2.20. The number of hydrogen-bond acceptors (Lipinski definition) is 0. The molecule has 0 saturated carbocycles. The number of alkyl halides is 1. The van der Waals surface area contributed by atoms with Crippen molar-refractivity contribution >= 4 is 15.9 Å². The third kappa shape index (κ3) is 8.22. The van der Waals surface area contributed by atoms with E-state index in [-0.39, 0.29) is 0 Å². The van der Waals surface area contributed by atoms with Gasteiger partial charge in [-0.05, 0) is 18.3 Å². The predicted molar refractivity (Wildman–Crippen MR) is 51.6 cm³/mol. The first-order valence-corrected chi connectivity index (χ1v) is 4.89. The van der Waals surface area contributed by atoms with Crippen molar-refractivity contribution in [2.24, 2.45) is 5.41 Å². The number of allylic oxidation sites excluding steroid dienone is 2. The molecule has 0 atom stereocenters. The van der Waals surface area contributed by atoms with Gasteiger partial charge >= 0.3 is 0 Å². The van der Waals surface area contributed by atoms with Gasteiger partial charge in [0.25, 0.3) is 0 Å². The van der Waals surface area contributed by atoms with Gasteiger partial charge in [0, 0.05) is 5.33 Å². The number of halogens is 1. The van der Waals surface area contributed by atoms with Gasteiger partial charge in [0.2, 0.25) is 0 Å². The Labute approximate surface area is 72.8 Å². The summed E-state index contributed by atoms with van der Waals surface area (Å²) in [5, 5.41) is 0.983. The summed E-state index contributed by atoms with van der Waals surface area (Å²) in [6, 6.07) is 0. The van der Waals surface area contributed by atoms with Crippen molar-refractivity contribution in [2.45, 2.75) is 33.6 Å². The van der Waals surface area contributed by atoms with Crippen LogP contribution in [-0.2, 0) is 0 Å². The Balaban J connectivity index is 3.28. The maximum Gasteiger partial charge on any atom is 0.0212 e. The van der Waals surface area contributed by atoms with Gasteiger partial charge in [-0.3, -0.25) is 0 Å². The molecule has 0 amide bonds. The van der Waals surface area contributed by atoms with E-state index in [4.69, 9.17) is 0 Å². The molecule has 0 aromatic carbocycles. The molecule has 0 saturated heterocycles. The Morgan fingerprint density at radius 2 is 1.80 bits per heavy atom. The first kappa shape index (κ1) is 10.2. The minimum absolute atomic E-state index is 0.483. The van der Waals surface area contributed by atoms with Crippen molar-refractivity contribution in [3.63, 3.8) is 0 Å². The zero-order valence-electron chi connectivity index (χ0n) is 7.15. The third-order valence-electron chi connectivity index (χ3n) is 1.32. The topological polar surface area (TPSA) is 0 Å². The Bertz CT molecular complexity index is 97.8. The molecule has 0 aliphatic rings. The van der Waals surface area contributed by atoms with Gasteiger partial charge in [0.1, 0.15) is 0 Å². The van der Waals surface area contributed by atoms with E-state index in [1.807, 2.05) is 0 Å². The van der Waals surface area contributed by atoms with Crippen molar-refractivity contribution in [3.8, 4) is 0 Å². The van der Waals surface area contributed by atoms with Gasteiger partial charge in [0.15, 0.2) is 0 Å². The Morgan fingerprint density at radius 3 is 2.20 bits per heavy atom. The molecular weight excluding hydrogens is 188 g/mol. The minimum Gasteiger partial charge on any atom is -0.0883 e. The van der Waals surface area contributed by atoms with E-state index in [1.54, 1.807) is 0 Å². The van der Waals surface area contributed by atoms with E-state index in [1.165, 1.54) is 12.8 Å². The van der Waals surface area contributed by atoms with Crippen LogP contribution < -0.4 is 0 Å². The maximum atomic E-state index is 3.34. The second-order valence-corrected chi connectivity index (χ2v) is 4.37. The van der Waals surface area contributed by atoms with E-state index in [2.05, 4.69) is 48.9 Å². The molecule has 0 unspecified atom stereocenters. The van der Waals surface area contributed by atoms with Crippen LogP contribution in [0.2, 0.25) is 0 Å². The quantitative estimate of drug-likeness (QED) is 0.486. The SMILES string of the molecule is CC(C)(C)CC/C=C/CBr. The first-order chi connectivity index (χ1) is 4.56. The van der Waals surface area contributed by atoms with Gasteiger partial charge in [-0.25, -0.2) is 0 Å². The molecule has 60 valence electrons. The zero-order chi connectivity index (χ0) is 8.04. The van der Waals surface area contributed by atoms with Crippen molar-refractivity contribution < 1.29 is 0 Å². The highest BCUT2D eigenvalue weighted by atomic mass is 79.9. The lowest BCUT2D eigenvalue weighted by molar-refractivity contribution is 0.381. The van der Waals surface area contributed by atoms with E-state index >= 15 is 0 Å². The highest BCUT2D eigenvalue weighted by Gasteiger charge is 2.06. The largest absolute Gasteiger partial charge is 0.0883 e. The van der Waals surface area contributed by atoms with Crippen molar-refractivity contribution in [2.75, 3.05) is 5.33 Å². The van der Waals surface area contributed by atoms with Crippen LogP contribution in [-0.4, -0.2) is 5.33 Å². The first-order valence-electron chi connectivity index (χ1n) is 3.77. The van der Waals surface area contributed by atoms with Gasteiger partial charge < -0.3 is 0 Å². The van der Waals surface area contributed by atoms with Crippen LogP contribution in [0.5, 0.6) is 0 Å². The van der Waals surface area contributed by atoms with E-state index in [0.29, 0.717) is 5.41 Å². The lowest BCUT2D eigenvalue weighted by atomic mass is 9.91. The van der Waals surface area contributed by atoms with Crippen molar-refractivity contribution in [1.82, 2.24) is 0 Å². The standard InChI is InChI=1S/C9H17Br/c1-9(2,3)7-5-4-6-8-10/h4,6H,5,7-8H2,1-3H3/b6-4+. The lowest BCUT2D eigenvalue weighted by Gasteiger charge is -2.15. The molecule has 0 aliphatic heterocycles. The van der Waals surface area contributed by atoms with Crippen LogP contribution in [0, 0.1) is 5.41 Å². The smallest absolute Gasteiger partial charge is 0.0212 e.